The largest absolute Gasteiger partial charge is 0.489 e. The van der Waals surface area contributed by atoms with Crippen LogP contribution in [0.5, 0.6) is 5.75 Å². The molecule has 0 spiro atoms. The molecule has 94 valence electrons. The molecule has 1 aromatic carbocycles. The Morgan fingerprint density at radius 2 is 2.22 bits per heavy atom. The molecule has 0 radical (unpaired) electrons. The van der Waals surface area contributed by atoms with Crippen LogP contribution in [0.25, 0.3) is 0 Å². The molecular formula is C12H11BrFN3O. The van der Waals surface area contributed by atoms with E-state index in [1.807, 2.05) is 6.07 Å². The van der Waals surface area contributed by atoms with Crippen molar-refractivity contribution in [2.45, 2.75) is 6.61 Å². The van der Waals surface area contributed by atoms with Gasteiger partial charge in [0.1, 0.15) is 24.0 Å². The molecule has 18 heavy (non-hydrogen) atoms. The quantitative estimate of drug-likeness (QED) is 0.673. The van der Waals surface area contributed by atoms with Crippen LogP contribution in [0.15, 0.2) is 41.0 Å². The molecule has 3 N–H and O–H groups in total. The number of pyridine rings is 1. The Balaban J connectivity index is 2.09. The minimum absolute atomic E-state index is 0.258. The molecule has 6 heteroatoms. The van der Waals surface area contributed by atoms with Crippen molar-refractivity contribution < 1.29 is 9.13 Å². The molecule has 0 bridgehead atoms. The topological polar surface area (TPSA) is 60.2 Å². The maximum Gasteiger partial charge on any atom is 0.146 e. The number of halogens is 2. The van der Waals surface area contributed by atoms with Crippen molar-refractivity contribution in [1.29, 1.82) is 0 Å². The van der Waals surface area contributed by atoms with Gasteiger partial charge in [-0.15, -0.1) is 0 Å². The smallest absolute Gasteiger partial charge is 0.146 e. The van der Waals surface area contributed by atoms with Gasteiger partial charge in [-0.1, -0.05) is 6.07 Å². The first-order valence-electron chi connectivity index (χ1n) is 5.19. The standard InChI is InChI=1S/C12H11BrFN3O/c13-10-4-3-9(6-11(10)14)18-7-8-2-1-5-16-12(8)17-15/h1-6H,7,15H2,(H,16,17). The number of rotatable bonds is 4. The summed E-state index contributed by atoms with van der Waals surface area (Å²) in [6, 6.07) is 8.20. The minimum Gasteiger partial charge on any atom is -0.489 e. The van der Waals surface area contributed by atoms with Gasteiger partial charge in [0.25, 0.3) is 0 Å². The van der Waals surface area contributed by atoms with Gasteiger partial charge in [0.2, 0.25) is 0 Å². The highest BCUT2D eigenvalue weighted by Crippen LogP contribution is 2.22. The molecule has 0 saturated heterocycles. The van der Waals surface area contributed by atoms with Crippen LogP contribution in [0, 0.1) is 5.82 Å². The summed E-state index contributed by atoms with van der Waals surface area (Å²) in [6.07, 6.45) is 1.62. The Hall–Kier alpha value is -1.66. The van der Waals surface area contributed by atoms with Gasteiger partial charge in [-0.05, 0) is 34.1 Å². The Labute approximate surface area is 112 Å². The molecule has 0 amide bonds. The van der Waals surface area contributed by atoms with E-state index in [4.69, 9.17) is 10.6 Å². The van der Waals surface area contributed by atoms with E-state index in [2.05, 4.69) is 26.3 Å². The summed E-state index contributed by atoms with van der Waals surface area (Å²) in [5.41, 5.74) is 3.27. The lowest BCUT2D eigenvalue weighted by Crippen LogP contribution is -2.12. The molecule has 2 rings (SSSR count). The lowest BCUT2D eigenvalue weighted by molar-refractivity contribution is 0.304. The van der Waals surface area contributed by atoms with E-state index >= 15 is 0 Å². The second-order valence-electron chi connectivity index (χ2n) is 3.52. The summed E-state index contributed by atoms with van der Waals surface area (Å²) in [5.74, 6) is 5.95. The van der Waals surface area contributed by atoms with E-state index in [9.17, 15) is 4.39 Å². The molecule has 0 unspecified atom stereocenters. The van der Waals surface area contributed by atoms with Crippen molar-refractivity contribution in [3.05, 3.63) is 52.4 Å². The average Bonchev–Trinajstić information content (AvgIpc) is 2.40. The molecule has 1 heterocycles. The van der Waals surface area contributed by atoms with Crippen LogP contribution in [0.4, 0.5) is 10.2 Å². The zero-order chi connectivity index (χ0) is 13.0. The van der Waals surface area contributed by atoms with Gasteiger partial charge >= 0.3 is 0 Å². The molecule has 2 aromatic rings. The van der Waals surface area contributed by atoms with E-state index in [0.29, 0.717) is 16.0 Å². The predicted octanol–water partition coefficient (Wildman–Crippen LogP) is 2.85. The molecule has 0 fully saturated rings. The highest BCUT2D eigenvalue weighted by Gasteiger charge is 2.05. The highest BCUT2D eigenvalue weighted by molar-refractivity contribution is 9.10. The number of nitrogens with two attached hydrogens (primary N) is 1. The number of nitrogens with one attached hydrogen (secondary N) is 1. The first kappa shape index (κ1) is 12.8. The fourth-order valence-electron chi connectivity index (χ4n) is 1.41. The molecule has 0 aliphatic rings. The molecule has 0 aliphatic carbocycles. The number of aromatic nitrogens is 1. The summed E-state index contributed by atoms with van der Waals surface area (Å²) >= 11 is 3.08. The number of hydrogen-bond acceptors (Lipinski definition) is 4. The van der Waals surface area contributed by atoms with Crippen LogP contribution in [-0.4, -0.2) is 4.98 Å². The lowest BCUT2D eigenvalue weighted by atomic mass is 10.2. The van der Waals surface area contributed by atoms with E-state index in [1.165, 1.54) is 6.07 Å². The minimum atomic E-state index is -0.365. The van der Waals surface area contributed by atoms with Gasteiger partial charge in [-0.3, -0.25) is 0 Å². The van der Waals surface area contributed by atoms with Crippen LogP contribution >= 0.6 is 15.9 Å². The third-order valence-electron chi connectivity index (χ3n) is 2.31. The number of nitrogen functional groups attached to an aromatic ring is 1. The normalized spacial score (nSPS) is 10.2. The lowest BCUT2D eigenvalue weighted by Gasteiger charge is -2.09. The van der Waals surface area contributed by atoms with E-state index in [1.54, 1.807) is 24.4 Å². The zero-order valence-corrected chi connectivity index (χ0v) is 10.9. The first-order chi connectivity index (χ1) is 8.70. The maximum absolute atomic E-state index is 13.3. The predicted molar refractivity (Wildman–Crippen MR) is 70.5 cm³/mol. The van der Waals surface area contributed by atoms with Crippen molar-refractivity contribution in [3.8, 4) is 5.75 Å². The average molecular weight is 312 g/mol. The number of benzene rings is 1. The number of hydrazine groups is 1. The summed E-state index contributed by atoms with van der Waals surface area (Å²) in [4.78, 5) is 4.04. The van der Waals surface area contributed by atoms with Gasteiger partial charge in [-0.25, -0.2) is 15.2 Å². The van der Waals surface area contributed by atoms with Gasteiger partial charge in [0.05, 0.1) is 4.47 Å². The summed E-state index contributed by atoms with van der Waals surface area (Å²) in [6.45, 7) is 0.258. The maximum atomic E-state index is 13.3. The van der Waals surface area contributed by atoms with E-state index in [-0.39, 0.29) is 12.4 Å². The van der Waals surface area contributed by atoms with Crippen molar-refractivity contribution in [2.75, 3.05) is 5.43 Å². The summed E-state index contributed by atoms with van der Waals surface area (Å²) in [5, 5.41) is 0. The number of anilines is 1. The van der Waals surface area contributed by atoms with Crippen LogP contribution in [-0.2, 0) is 6.61 Å². The second kappa shape index (κ2) is 5.79. The molecule has 0 aliphatic heterocycles. The molecular weight excluding hydrogens is 301 g/mol. The Morgan fingerprint density at radius 3 is 2.94 bits per heavy atom. The second-order valence-corrected chi connectivity index (χ2v) is 4.37. The fraction of sp³-hybridized carbons (Fsp3) is 0.0833. The van der Waals surface area contributed by atoms with Crippen molar-refractivity contribution in [1.82, 2.24) is 4.98 Å². The van der Waals surface area contributed by atoms with Crippen molar-refractivity contribution in [2.24, 2.45) is 5.84 Å². The molecule has 0 saturated carbocycles. The van der Waals surface area contributed by atoms with Crippen LogP contribution in [0.2, 0.25) is 0 Å². The van der Waals surface area contributed by atoms with E-state index in [0.717, 1.165) is 5.56 Å². The van der Waals surface area contributed by atoms with Crippen LogP contribution in [0.1, 0.15) is 5.56 Å². The highest BCUT2D eigenvalue weighted by atomic mass is 79.9. The fourth-order valence-corrected chi connectivity index (χ4v) is 1.66. The SMILES string of the molecule is NNc1ncccc1COc1ccc(Br)c(F)c1. The number of hydrogen-bond donors (Lipinski definition) is 2. The van der Waals surface area contributed by atoms with Crippen LogP contribution in [0.3, 0.4) is 0 Å². The zero-order valence-electron chi connectivity index (χ0n) is 9.36. The van der Waals surface area contributed by atoms with Crippen molar-refractivity contribution in [3.63, 3.8) is 0 Å². The third-order valence-corrected chi connectivity index (χ3v) is 2.96. The summed E-state index contributed by atoms with van der Waals surface area (Å²) in [7, 11) is 0. The van der Waals surface area contributed by atoms with E-state index < -0.39 is 0 Å². The van der Waals surface area contributed by atoms with Crippen molar-refractivity contribution >= 4 is 21.7 Å². The van der Waals surface area contributed by atoms with Crippen LogP contribution < -0.4 is 16.0 Å². The third kappa shape index (κ3) is 2.96. The van der Waals surface area contributed by atoms with Gasteiger partial charge in [0.15, 0.2) is 0 Å². The Kier molecular flexibility index (Phi) is 4.11. The molecule has 0 atom stereocenters. The Morgan fingerprint density at radius 1 is 1.39 bits per heavy atom. The van der Waals surface area contributed by atoms with Gasteiger partial charge in [0, 0.05) is 17.8 Å². The summed E-state index contributed by atoms with van der Waals surface area (Å²) < 4.78 is 19.2. The monoisotopic (exact) mass is 311 g/mol. The number of nitrogens with zero attached hydrogens (tertiary/aromatic N) is 1. The Bertz CT molecular complexity index is 551. The number of ether oxygens (including phenoxy) is 1. The molecule has 1 aromatic heterocycles. The van der Waals surface area contributed by atoms with Gasteiger partial charge in [-0.2, -0.15) is 0 Å². The first-order valence-corrected chi connectivity index (χ1v) is 5.98. The van der Waals surface area contributed by atoms with Gasteiger partial charge < -0.3 is 10.2 Å². The molecule has 4 nitrogen and oxygen atoms in total.